The Balaban J connectivity index is 2.31. The van der Waals surface area contributed by atoms with Gasteiger partial charge >= 0.3 is 5.97 Å². The van der Waals surface area contributed by atoms with Crippen molar-refractivity contribution in [3.8, 4) is 10.6 Å². The summed E-state index contributed by atoms with van der Waals surface area (Å²) in [6, 6.07) is 1.40. The summed E-state index contributed by atoms with van der Waals surface area (Å²) >= 11 is 1.49. The van der Waals surface area contributed by atoms with Gasteiger partial charge in [-0.15, -0.1) is 11.3 Å². The number of carboxylic acids is 1. The second-order valence-corrected chi connectivity index (χ2v) is 4.66. The van der Waals surface area contributed by atoms with Crippen molar-refractivity contribution in [3.05, 3.63) is 23.0 Å². The fraction of sp³-hybridized carbons (Fsp3) is 0.300. The van der Waals surface area contributed by atoms with Crippen molar-refractivity contribution < 1.29 is 14.4 Å². The molecule has 0 aliphatic heterocycles. The first kappa shape index (κ1) is 10.8. The van der Waals surface area contributed by atoms with Crippen LogP contribution in [0.2, 0.25) is 0 Å². The van der Waals surface area contributed by atoms with E-state index >= 15 is 0 Å². The number of aromatic carboxylic acids is 1. The van der Waals surface area contributed by atoms with E-state index in [2.05, 4.69) is 14.7 Å². The van der Waals surface area contributed by atoms with E-state index in [1.54, 1.807) is 6.20 Å². The topological polar surface area (TPSA) is 76.2 Å². The number of hydrogen-bond donors (Lipinski definition) is 1. The van der Waals surface area contributed by atoms with Crippen LogP contribution in [-0.4, -0.2) is 21.2 Å². The number of thiazole rings is 1. The third-order valence-electron chi connectivity index (χ3n) is 1.99. The Bertz CT molecular complexity index is 516. The minimum absolute atomic E-state index is 0.158. The van der Waals surface area contributed by atoms with Gasteiger partial charge in [-0.2, -0.15) is 0 Å². The van der Waals surface area contributed by atoms with Crippen LogP contribution >= 0.6 is 11.3 Å². The molecule has 0 saturated carbocycles. The first-order valence-electron chi connectivity index (χ1n) is 4.74. The van der Waals surface area contributed by atoms with Crippen LogP contribution in [0.1, 0.15) is 35.3 Å². The van der Waals surface area contributed by atoms with Gasteiger partial charge in [0.25, 0.3) is 0 Å². The van der Waals surface area contributed by atoms with Crippen molar-refractivity contribution >= 4 is 17.3 Å². The highest BCUT2D eigenvalue weighted by molar-refractivity contribution is 7.15. The van der Waals surface area contributed by atoms with Crippen molar-refractivity contribution in [2.24, 2.45) is 0 Å². The van der Waals surface area contributed by atoms with Gasteiger partial charge < -0.3 is 9.63 Å². The summed E-state index contributed by atoms with van der Waals surface area (Å²) in [7, 11) is 0. The molecule has 1 N–H and O–H groups in total. The Morgan fingerprint density at radius 2 is 2.31 bits per heavy atom. The van der Waals surface area contributed by atoms with E-state index in [9.17, 15) is 4.79 Å². The van der Waals surface area contributed by atoms with E-state index in [4.69, 9.17) is 5.11 Å². The third kappa shape index (κ3) is 1.96. The lowest BCUT2D eigenvalue weighted by molar-refractivity contribution is 0.0652. The fourth-order valence-corrected chi connectivity index (χ4v) is 2.04. The molecule has 0 fully saturated rings. The highest BCUT2D eigenvalue weighted by Gasteiger charge is 2.15. The van der Waals surface area contributed by atoms with Crippen molar-refractivity contribution in [2.75, 3.05) is 0 Å². The molecule has 6 heteroatoms. The average molecular weight is 238 g/mol. The Morgan fingerprint density at radius 3 is 2.81 bits per heavy atom. The maximum absolute atomic E-state index is 10.6. The van der Waals surface area contributed by atoms with Crippen molar-refractivity contribution in [1.29, 1.82) is 0 Å². The van der Waals surface area contributed by atoms with Gasteiger partial charge in [0.05, 0.1) is 9.88 Å². The number of carbonyl (C=O) groups is 1. The maximum Gasteiger partial charge on any atom is 0.374 e. The van der Waals surface area contributed by atoms with Crippen LogP contribution in [0.4, 0.5) is 0 Å². The fourth-order valence-electron chi connectivity index (χ4n) is 1.17. The number of rotatable bonds is 3. The molecule has 2 aromatic rings. The molecule has 0 amide bonds. The molecule has 16 heavy (non-hydrogen) atoms. The third-order valence-corrected chi connectivity index (χ3v) is 3.31. The quantitative estimate of drug-likeness (QED) is 0.889. The molecule has 0 aliphatic carbocycles. The summed E-state index contributed by atoms with van der Waals surface area (Å²) < 4.78 is 4.68. The molecule has 84 valence electrons. The number of hydrogen-bond acceptors (Lipinski definition) is 5. The summed E-state index contributed by atoms with van der Waals surface area (Å²) in [6.07, 6.45) is 1.68. The minimum Gasteiger partial charge on any atom is -0.475 e. The molecule has 2 rings (SSSR count). The molecular formula is C10H10N2O3S. The predicted molar refractivity (Wildman–Crippen MR) is 58.7 cm³/mol. The SMILES string of the molecule is CC(C)c1ncc(-c2cc(C(=O)O)on2)s1. The van der Waals surface area contributed by atoms with Gasteiger partial charge in [0.1, 0.15) is 5.69 Å². The van der Waals surface area contributed by atoms with Crippen molar-refractivity contribution in [1.82, 2.24) is 10.1 Å². The van der Waals surface area contributed by atoms with Gasteiger partial charge in [-0.05, 0) is 0 Å². The first-order chi connectivity index (χ1) is 7.58. The zero-order valence-electron chi connectivity index (χ0n) is 8.80. The summed E-state index contributed by atoms with van der Waals surface area (Å²) in [4.78, 5) is 15.7. The highest BCUT2D eigenvalue weighted by atomic mass is 32.1. The van der Waals surface area contributed by atoms with E-state index in [0.717, 1.165) is 9.88 Å². The van der Waals surface area contributed by atoms with Crippen LogP contribution < -0.4 is 0 Å². The van der Waals surface area contributed by atoms with E-state index < -0.39 is 5.97 Å². The van der Waals surface area contributed by atoms with Crippen LogP contribution in [0.5, 0.6) is 0 Å². The normalized spacial score (nSPS) is 10.9. The largest absolute Gasteiger partial charge is 0.475 e. The van der Waals surface area contributed by atoms with Gasteiger partial charge in [-0.25, -0.2) is 9.78 Å². The standard InChI is InChI=1S/C10H10N2O3S/c1-5(2)9-11-4-8(16-9)6-3-7(10(13)14)15-12-6/h3-5H,1-2H3,(H,13,14). The summed E-state index contributed by atoms with van der Waals surface area (Å²) in [5, 5.41) is 13.4. The van der Waals surface area contributed by atoms with Crippen molar-refractivity contribution in [3.63, 3.8) is 0 Å². The number of carboxylic acid groups (broad SMARTS) is 1. The first-order valence-corrected chi connectivity index (χ1v) is 5.55. The Kier molecular flexibility index (Phi) is 2.74. The van der Waals surface area contributed by atoms with Crippen LogP contribution in [0.15, 0.2) is 16.8 Å². The molecule has 5 nitrogen and oxygen atoms in total. The van der Waals surface area contributed by atoms with Gasteiger partial charge in [-0.3, -0.25) is 0 Å². The van der Waals surface area contributed by atoms with Gasteiger partial charge in [-0.1, -0.05) is 19.0 Å². The number of nitrogens with zero attached hydrogens (tertiary/aromatic N) is 2. The van der Waals surface area contributed by atoms with E-state index in [1.165, 1.54) is 17.4 Å². The van der Waals surface area contributed by atoms with E-state index in [1.807, 2.05) is 13.8 Å². The van der Waals surface area contributed by atoms with Crippen LogP contribution in [0.3, 0.4) is 0 Å². The van der Waals surface area contributed by atoms with Gasteiger partial charge in [0.15, 0.2) is 0 Å². The molecule has 0 saturated heterocycles. The predicted octanol–water partition coefficient (Wildman–Crippen LogP) is 2.62. The second kappa shape index (κ2) is 4.05. The lowest BCUT2D eigenvalue weighted by Crippen LogP contribution is -1.91. The smallest absolute Gasteiger partial charge is 0.374 e. The van der Waals surface area contributed by atoms with Crippen LogP contribution in [0, 0.1) is 0 Å². The molecule has 2 aromatic heterocycles. The number of aromatic nitrogens is 2. The molecule has 0 aromatic carbocycles. The zero-order valence-corrected chi connectivity index (χ0v) is 9.61. The Labute approximate surface area is 95.7 Å². The highest BCUT2D eigenvalue weighted by Crippen LogP contribution is 2.29. The molecule has 0 radical (unpaired) electrons. The van der Waals surface area contributed by atoms with Crippen LogP contribution in [0.25, 0.3) is 10.6 Å². The minimum atomic E-state index is -1.12. The monoisotopic (exact) mass is 238 g/mol. The zero-order chi connectivity index (χ0) is 11.7. The lowest BCUT2D eigenvalue weighted by atomic mass is 10.2. The molecule has 0 spiro atoms. The molecule has 0 bridgehead atoms. The Morgan fingerprint density at radius 1 is 1.56 bits per heavy atom. The Hall–Kier alpha value is -1.69. The summed E-state index contributed by atoms with van der Waals surface area (Å²) in [5.41, 5.74) is 0.516. The molecule has 0 aliphatic rings. The molecule has 0 atom stereocenters. The summed E-state index contributed by atoms with van der Waals surface area (Å²) in [5.74, 6) is -0.925. The second-order valence-electron chi connectivity index (χ2n) is 3.60. The van der Waals surface area contributed by atoms with Crippen LogP contribution in [-0.2, 0) is 0 Å². The van der Waals surface area contributed by atoms with Gasteiger partial charge in [0.2, 0.25) is 5.76 Å². The molecular weight excluding hydrogens is 228 g/mol. The summed E-state index contributed by atoms with van der Waals surface area (Å²) in [6.45, 7) is 4.10. The van der Waals surface area contributed by atoms with E-state index in [-0.39, 0.29) is 5.76 Å². The van der Waals surface area contributed by atoms with Gasteiger partial charge in [0, 0.05) is 18.2 Å². The molecule has 2 heterocycles. The van der Waals surface area contributed by atoms with Crippen molar-refractivity contribution in [2.45, 2.75) is 19.8 Å². The maximum atomic E-state index is 10.6. The lowest BCUT2D eigenvalue weighted by Gasteiger charge is -1.94. The molecule has 0 unspecified atom stereocenters. The van der Waals surface area contributed by atoms with E-state index in [0.29, 0.717) is 11.6 Å². The average Bonchev–Trinajstić information content (AvgIpc) is 2.86.